The van der Waals surface area contributed by atoms with E-state index in [0.717, 1.165) is 11.1 Å². The third-order valence-electron chi connectivity index (χ3n) is 4.10. The van der Waals surface area contributed by atoms with Gasteiger partial charge in [-0.2, -0.15) is 5.10 Å². The fraction of sp³-hybridized carbons (Fsp3) is 0.263. The molecular formula is C19H20FN3O2. The minimum Gasteiger partial charge on any atom is -0.394 e. The van der Waals surface area contributed by atoms with E-state index in [1.165, 1.54) is 12.1 Å². The van der Waals surface area contributed by atoms with Gasteiger partial charge in [0.25, 0.3) is 0 Å². The summed E-state index contributed by atoms with van der Waals surface area (Å²) in [6, 6.07) is 13.7. The van der Waals surface area contributed by atoms with Gasteiger partial charge in [0, 0.05) is 6.42 Å². The second-order valence-electron chi connectivity index (χ2n) is 5.89. The maximum Gasteiger partial charge on any atom is 0.183 e. The summed E-state index contributed by atoms with van der Waals surface area (Å²) in [7, 11) is 0. The van der Waals surface area contributed by atoms with E-state index in [2.05, 4.69) is 10.1 Å². The predicted octanol–water partition coefficient (Wildman–Crippen LogP) is 2.39. The molecule has 0 bridgehead atoms. The maximum atomic E-state index is 13.5. The molecule has 0 aliphatic carbocycles. The van der Waals surface area contributed by atoms with Gasteiger partial charge in [-0.05, 0) is 35.7 Å². The first kappa shape index (κ1) is 17.3. The molecule has 130 valence electrons. The second-order valence-corrected chi connectivity index (χ2v) is 5.89. The van der Waals surface area contributed by atoms with Gasteiger partial charge < -0.3 is 10.2 Å². The number of nitrogens with zero attached hydrogens (tertiary/aromatic N) is 3. The molecular weight excluding hydrogens is 321 g/mol. The highest BCUT2D eigenvalue weighted by Gasteiger charge is 2.19. The van der Waals surface area contributed by atoms with Crippen molar-refractivity contribution in [3.05, 3.63) is 82.7 Å². The van der Waals surface area contributed by atoms with Crippen LogP contribution in [0.15, 0.2) is 48.5 Å². The van der Waals surface area contributed by atoms with Crippen molar-refractivity contribution in [1.82, 2.24) is 14.8 Å². The van der Waals surface area contributed by atoms with Crippen molar-refractivity contribution in [2.75, 3.05) is 6.61 Å². The average Bonchev–Trinajstić information content (AvgIpc) is 3.01. The zero-order chi connectivity index (χ0) is 17.8. The van der Waals surface area contributed by atoms with Crippen LogP contribution in [0.25, 0.3) is 0 Å². The average molecular weight is 341 g/mol. The van der Waals surface area contributed by atoms with Crippen molar-refractivity contribution in [2.45, 2.75) is 26.0 Å². The van der Waals surface area contributed by atoms with Gasteiger partial charge in [0.15, 0.2) is 5.82 Å². The Kier molecular flexibility index (Phi) is 5.21. The smallest absolute Gasteiger partial charge is 0.183 e. The molecule has 0 saturated carbocycles. The van der Waals surface area contributed by atoms with Gasteiger partial charge in [-0.25, -0.2) is 14.1 Å². The molecule has 1 heterocycles. The minimum absolute atomic E-state index is 0.0979. The van der Waals surface area contributed by atoms with Crippen LogP contribution in [0.2, 0.25) is 0 Å². The Morgan fingerprint density at radius 1 is 1.16 bits per heavy atom. The van der Waals surface area contributed by atoms with E-state index in [1.54, 1.807) is 22.9 Å². The summed E-state index contributed by atoms with van der Waals surface area (Å²) in [5.41, 5.74) is 2.44. The second kappa shape index (κ2) is 7.55. The summed E-state index contributed by atoms with van der Waals surface area (Å²) >= 11 is 0. The highest BCUT2D eigenvalue weighted by molar-refractivity contribution is 5.30. The molecule has 0 amide bonds. The fourth-order valence-electron chi connectivity index (χ4n) is 2.70. The Morgan fingerprint density at radius 3 is 2.64 bits per heavy atom. The van der Waals surface area contributed by atoms with Crippen molar-refractivity contribution >= 4 is 0 Å². The molecule has 0 radical (unpaired) electrons. The molecule has 5 nitrogen and oxygen atoms in total. The highest BCUT2D eigenvalue weighted by atomic mass is 19.1. The first-order valence-electron chi connectivity index (χ1n) is 8.11. The van der Waals surface area contributed by atoms with E-state index >= 15 is 0 Å². The van der Waals surface area contributed by atoms with Crippen LogP contribution in [0.3, 0.4) is 0 Å². The third kappa shape index (κ3) is 3.92. The summed E-state index contributed by atoms with van der Waals surface area (Å²) in [6.45, 7) is 2.07. The fourth-order valence-corrected chi connectivity index (χ4v) is 2.70. The van der Waals surface area contributed by atoms with Crippen LogP contribution in [-0.4, -0.2) is 31.6 Å². The van der Waals surface area contributed by atoms with E-state index < -0.39 is 6.10 Å². The maximum absolute atomic E-state index is 13.5. The van der Waals surface area contributed by atoms with Crippen LogP contribution in [-0.2, 0) is 13.0 Å². The molecule has 3 rings (SSSR count). The highest BCUT2D eigenvalue weighted by Crippen LogP contribution is 2.21. The Hall–Kier alpha value is -2.57. The molecule has 6 heteroatoms. The Bertz CT molecular complexity index is 849. The van der Waals surface area contributed by atoms with Crippen molar-refractivity contribution in [3.8, 4) is 0 Å². The van der Waals surface area contributed by atoms with Gasteiger partial charge in [-0.3, -0.25) is 0 Å². The summed E-state index contributed by atoms with van der Waals surface area (Å²) < 4.78 is 15.1. The molecule has 1 aromatic heterocycles. The lowest BCUT2D eigenvalue weighted by atomic mass is 10.1. The number of rotatable bonds is 6. The van der Waals surface area contributed by atoms with E-state index in [4.69, 9.17) is 0 Å². The molecule has 1 atom stereocenters. The molecule has 0 saturated heterocycles. The lowest BCUT2D eigenvalue weighted by Gasteiger charge is -2.07. The summed E-state index contributed by atoms with van der Waals surface area (Å²) in [5.74, 6) is 0.537. The van der Waals surface area contributed by atoms with Crippen LogP contribution in [0, 0.1) is 12.7 Å². The van der Waals surface area contributed by atoms with Crippen molar-refractivity contribution < 1.29 is 14.6 Å². The summed E-state index contributed by atoms with van der Waals surface area (Å²) in [5, 5.41) is 24.1. The zero-order valence-electron chi connectivity index (χ0n) is 13.9. The van der Waals surface area contributed by atoms with Crippen molar-refractivity contribution in [2.24, 2.45) is 0 Å². The summed E-state index contributed by atoms with van der Waals surface area (Å²) in [4.78, 5) is 4.44. The van der Waals surface area contributed by atoms with E-state index in [-0.39, 0.29) is 24.8 Å². The van der Waals surface area contributed by atoms with Crippen molar-refractivity contribution in [3.63, 3.8) is 0 Å². The molecule has 0 aliphatic heterocycles. The minimum atomic E-state index is -0.950. The lowest BCUT2D eigenvalue weighted by Crippen LogP contribution is -2.10. The number of aliphatic hydroxyl groups excluding tert-OH is 2. The number of aryl methyl sites for hydroxylation is 1. The third-order valence-corrected chi connectivity index (χ3v) is 4.10. The number of hydrogen-bond acceptors (Lipinski definition) is 4. The molecule has 0 unspecified atom stereocenters. The first-order chi connectivity index (χ1) is 12.1. The summed E-state index contributed by atoms with van der Waals surface area (Å²) in [6.07, 6.45) is -0.577. The molecule has 0 aliphatic rings. The lowest BCUT2D eigenvalue weighted by molar-refractivity contribution is 0.208. The van der Waals surface area contributed by atoms with E-state index in [9.17, 15) is 14.6 Å². The van der Waals surface area contributed by atoms with Gasteiger partial charge in [0.2, 0.25) is 0 Å². The van der Waals surface area contributed by atoms with Gasteiger partial charge in [-0.15, -0.1) is 0 Å². The number of aliphatic hydroxyl groups is 2. The monoisotopic (exact) mass is 341 g/mol. The largest absolute Gasteiger partial charge is 0.394 e. The van der Waals surface area contributed by atoms with Crippen LogP contribution in [0.4, 0.5) is 4.39 Å². The molecule has 0 spiro atoms. The van der Waals surface area contributed by atoms with Crippen LogP contribution in [0.1, 0.15) is 34.4 Å². The Labute approximate surface area is 145 Å². The van der Waals surface area contributed by atoms with Crippen LogP contribution >= 0.6 is 0 Å². The Morgan fingerprint density at radius 2 is 1.92 bits per heavy atom. The van der Waals surface area contributed by atoms with Gasteiger partial charge in [0.05, 0.1) is 13.2 Å². The van der Waals surface area contributed by atoms with E-state index in [1.807, 2.05) is 25.1 Å². The van der Waals surface area contributed by atoms with E-state index in [0.29, 0.717) is 17.8 Å². The van der Waals surface area contributed by atoms with Gasteiger partial charge in [-0.1, -0.05) is 36.4 Å². The SMILES string of the molecule is Cc1ccc(F)cc1Cc1nc([C@@H](O)c2ccccc2)nn1CCO. The van der Waals surface area contributed by atoms with Gasteiger partial charge in [0.1, 0.15) is 17.7 Å². The molecule has 2 aromatic carbocycles. The molecule has 3 aromatic rings. The molecule has 0 fully saturated rings. The molecule has 2 N–H and O–H groups in total. The number of benzene rings is 2. The normalized spacial score (nSPS) is 12.3. The Balaban J connectivity index is 1.93. The standard InChI is InChI=1S/C19H20FN3O2/c1-13-7-8-16(20)11-15(13)12-17-21-19(22-23(17)9-10-24)18(25)14-5-3-2-4-6-14/h2-8,11,18,24-25H,9-10,12H2,1H3/t18-/m0/s1. The molecule has 25 heavy (non-hydrogen) atoms. The first-order valence-corrected chi connectivity index (χ1v) is 8.11. The zero-order valence-corrected chi connectivity index (χ0v) is 13.9. The topological polar surface area (TPSA) is 71.2 Å². The van der Waals surface area contributed by atoms with Crippen LogP contribution in [0.5, 0.6) is 0 Å². The van der Waals surface area contributed by atoms with Crippen LogP contribution < -0.4 is 0 Å². The quantitative estimate of drug-likeness (QED) is 0.722. The number of aromatic nitrogens is 3. The number of halogens is 1. The van der Waals surface area contributed by atoms with Gasteiger partial charge >= 0.3 is 0 Å². The predicted molar refractivity (Wildman–Crippen MR) is 91.6 cm³/mol. The number of hydrogen-bond donors (Lipinski definition) is 2. The van der Waals surface area contributed by atoms with Crippen molar-refractivity contribution in [1.29, 1.82) is 0 Å².